The SMILES string of the molecule is CC(C)=CCNC(=O)c1cc(Cl)cc(S(N)(=O)=O)c1. The highest BCUT2D eigenvalue weighted by Crippen LogP contribution is 2.18. The number of halogens is 1. The number of amides is 1. The van der Waals surface area contributed by atoms with Crippen LogP contribution in [0.2, 0.25) is 5.02 Å². The number of nitrogens with two attached hydrogens (primary N) is 1. The van der Waals surface area contributed by atoms with Crippen LogP contribution in [-0.4, -0.2) is 20.9 Å². The van der Waals surface area contributed by atoms with Crippen molar-refractivity contribution in [1.29, 1.82) is 0 Å². The molecule has 0 aliphatic carbocycles. The molecule has 1 rings (SSSR count). The van der Waals surface area contributed by atoms with Gasteiger partial charge in [-0.05, 0) is 32.0 Å². The van der Waals surface area contributed by atoms with Gasteiger partial charge in [-0.3, -0.25) is 4.79 Å². The van der Waals surface area contributed by atoms with Crippen LogP contribution in [-0.2, 0) is 10.0 Å². The molecular weight excluding hydrogens is 288 g/mol. The number of rotatable bonds is 4. The standard InChI is InChI=1S/C12H15ClN2O3S/c1-8(2)3-4-15-12(16)9-5-10(13)7-11(6-9)19(14,17)18/h3,5-7H,4H2,1-2H3,(H,15,16)(H2,14,17,18). The summed E-state index contributed by atoms with van der Waals surface area (Å²) in [6.45, 7) is 4.17. The van der Waals surface area contributed by atoms with Crippen LogP contribution in [0.5, 0.6) is 0 Å². The Morgan fingerprint density at radius 3 is 2.53 bits per heavy atom. The molecule has 0 unspecified atom stereocenters. The van der Waals surface area contributed by atoms with Gasteiger partial charge in [0.2, 0.25) is 10.0 Å². The largest absolute Gasteiger partial charge is 0.349 e. The molecule has 1 amide bonds. The van der Waals surface area contributed by atoms with E-state index in [4.69, 9.17) is 16.7 Å². The first-order chi connectivity index (χ1) is 8.70. The third-order valence-electron chi connectivity index (χ3n) is 2.23. The number of sulfonamides is 1. The molecule has 7 heteroatoms. The van der Waals surface area contributed by atoms with Crippen molar-refractivity contribution in [3.63, 3.8) is 0 Å². The molecule has 0 atom stereocenters. The average Bonchev–Trinajstić information content (AvgIpc) is 2.26. The Labute approximate surface area is 117 Å². The average molecular weight is 303 g/mol. The quantitative estimate of drug-likeness (QED) is 0.829. The first-order valence-electron chi connectivity index (χ1n) is 5.45. The topological polar surface area (TPSA) is 89.3 Å². The van der Waals surface area contributed by atoms with Gasteiger partial charge in [0, 0.05) is 17.1 Å². The maximum atomic E-state index is 11.8. The summed E-state index contributed by atoms with van der Waals surface area (Å²) in [7, 11) is -3.89. The van der Waals surface area contributed by atoms with Gasteiger partial charge in [-0.2, -0.15) is 0 Å². The van der Waals surface area contributed by atoms with E-state index in [0.29, 0.717) is 6.54 Å². The van der Waals surface area contributed by atoms with E-state index in [1.54, 1.807) is 0 Å². The molecule has 104 valence electrons. The van der Waals surface area contributed by atoms with Crippen LogP contribution in [0.15, 0.2) is 34.7 Å². The smallest absolute Gasteiger partial charge is 0.251 e. The Morgan fingerprint density at radius 1 is 1.37 bits per heavy atom. The lowest BCUT2D eigenvalue weighted by Crippen LogP contribution is -2.24. The van der Waals surface area contributed by atoms with Gasteiger partial charge in [0.05, 0.1) is 4.90 Å². The van der Waals surface area contributed by atoms with Crippen LogP contribution in [0, 0.1) is 0 Å². The van der Waals surface area contributed by atoms with Crippen molar-refractivity contribution in [2.75, 3.05) is 6.54 Å². The third kappa shape index (κ3) is 5.02. The zero-order valence-corrected chi connectivity index (χ0v) is 12.2. The lowest BCUT2D eigenvalue weighted by molar-refractivity contribution is 0.0957. The molecule has 5 nitrogen and oxygen atoms in total. The highest BCUT2D eigenvalue weighted by Gasteiger charge is 2.13. The minimum Gasteiger partial charge on any atom is -0.349 e. The van der Waals surface area contributed by atoms with Crippen LogP contribution in [0.3, 0.4) is 0 Å². The Bertz CT molecular complexity index is 620. The number of hydrogen-bond donors (Lipinski definition) is 2. The Morgan fingerprint density at radius 2 is 2.00 bits per heavy atom. The molecule has 0 saturated carbocycles. The van der Waals surface area contributed by atoms with E-state index >= 15 is 0 Å². The van der Waals surface area contributed by atoms with Gasteiger partial charge in [-0.15, -0.1) is 0 Å². The predicted octanol–water partition coefficient (Wildman–Crippen LogP) is 1.68. The molecule has 0 aliphatic heterocycles. The van der Waals surface area contributed by atoms with E-state index in [0.717, 1.165) is 5.57 Å². The molecule has 0 heterocycles. The van der Waals surface area contributed by atoms with Gasteiger partial charge in [0.1, 0.15) is 0 Å². The number of hydrogen-bond acceptors (Lipinski definition) is 3. The molecule has 3 N–H and O–H groups in total. The maximum absolute atomic E-state index is 11.8. The summed E-state index contributed by atoms with van der Waals surface area (Å²) in [6, 6.07) is 3.77. The van der Waals surface area contributed by atoms with Gasteiger partial charge in [-0.25, -0.2) is 13.6 Å². The van der Waals surface area contributed by atoms with E-state index in [1.807, 2.05) is 19.9 Å². The van der Waals surface area contributed by atoms with Crippen molar-refractivity contribution in [2.45, 2.75) is 18.7 Å². The van der Waals surface area contributed by atoms with Crippen molar-refractivity contribution in [3.05, 3.63) is 40.4 Å². The fraction of sp³-hybridized carbons (Fsp3) is 0.250. The van der Waals surface area contributed by atoms with E-state index < -0.39 is 15.9 Å². The second-order valence-corrected chi connectivity index (χ2v) is 6.21. The fourth-order valence-corrected chi connectivity index (χ4v) is 2.19. The number of carbonyl (C=O) groups excluding carboxylic acids is 1. The summed E-state index contributed by atoms with van der Waals surface area (Å²) in [4.78, 5) is 11.6. The molecule has 19 heavy (non-hydrogen) atoms. The molecular formula is C12H15ClN2O3S. The molecule has 0 bridgehead atoms. The maximum Gasteiger partial charge on any atom is 0.251 e. The zero-order chi connectivity index (χ0) is 14.6. The first-order valence-corrected chi connectivity index (χ1v) is 7.37. The molecule has 0 fully saturated rings. The van der Waals surface area contributed by atoms with Crippen molar-refractivity contribution in [3.8, 4) is 0 Å². The van der Waals surface area contributed by atoms with Crippen molar-refractivity contribution >= 4 is 27.5 Å². The second-order valence-electron chi connectivity index (χ2n) is 4.21. The van der Waals surface area contributed by atoms with Crippen LogP contribution in [0.25, 0.3) is 0 Å². The molecule has 0 spiro atoms. The van der Waals surface area contributed by atoms with Gasteiger partial charge < -0.3 is 5.32 Å². The third-order valence-corrected chi connectivity index (χ3v) is 3.35. The van der Waals surface area contributed by atoms with Crippen molar-refractivity contribution in [1.82, 2.24) is 5.32 Å². The molecule has 0 saturated heterocycles. The molecule has 0 aliphatic rings. The number of carbonyl (C=O) groups is 1. The normalized spacial score (nSPS) is 10.9. The predicted molar refractivity (Wildman–Crippen MR) is 74.6 cm³/mol. The van der Waals surface area contributed by atoms with Crippen molar-refractivity contribution in [2.24, 2.45) is 5.14 Å². The monoisotopic (exact) mass is 302 g/mol. The lowest BCUT2D eigenvalue weighted by atomic mass is 10.2. The molecule has 1 aromatic carbocycles. The van der Waals surface area contributed by atoms with Gasteiger partial charge in [-0.1, -0.05) is 23.3 Å². The van der Waals surface area contributed by atoms with Crippen LogP contribution in [0.4, 0.5) is 0 Å². The van der Waals surface area contributed by atoms with E-state index in [1.165, 1.54) is 18.2 Å². The number of nitrogens with one attached hydrogen (secondary N) is 1. The summed E-state index contributed by atoms with van der Waals surface area (Å²) in [5, 5.41) is 7.77. The summed E-state index contributed by atoms with van der Waals surface area (Å²) >= 11 is 5.77. The summed E-state index contributed by atoms with van der Waals surface area (Å²) in [5.41, 5.74) is 1.22. The Hall–Kier alpha value is -1.37. The number of allylic oxidation sites excluding steroid dienone is 1. The van der Waals surface area contributed by atoms with Gasteiger partial charge >= 0.3 is 0 Å². The number of benzene rings is 1. The zero-order valence-electron chi connectivity index (χ0n) is 10.6. The molecule has 0 radical (unpaired) electrons. The second kappa shape index (κ2) is 6.18. The van der Waals surface area contributed by atoms with Gasteiger partial charge in [0.15, 0.2) is 0 Å². The van der Waals surface area contributed by atoms with Crippen LogP contribution >= 0.6 is 11.6 Å². The van der Waals surface area contributed by atoms with Crippen LogP contribution < -0.4 is 10.5 Å². The van der Waals surface area contributed by atoms with Crippen LogP contribution in [0.1, 0.15) is 24.2 Å². The minimum atomic E-state index is -3.89. The summed E-state index contributed by atoms with van der Waals surface area (Å²) in [5.74, 6) is -0.412. The van der Waals surface area contributed by atoms with Gasteiger partial charge in [0.25, 0.3) is 5.91 Å². The summed E-state index contributed by atoms with van der Waals surface area (Å²) in [6.07, 6.45) is 1.84. The highest BCUT2D eigenvalue weighted by molar-refractivity contribution is 7.89. The first kappa shape index (κ1) is 15.7. The van der Waals surface area contributed by atoms with E-state index in [9.17, 15) is 13.2 Å². The molecule has 0 aromatic heterocycles. The van der Waals surface area contributed by atoms with E-state index in [-0.39, 0.29) is 15.5 Å². The fourth-order valence-electron chi connectivity index (χ4n) is 1.31. The van der Waals surface area contributed by atoms with E-state index in [2.05, 4.69) is 5.32 Å². The number of primary sulfonamides is 1. The molecule has 1 aromatic rings. The summed E-state index contributed by atoms with van der Waals surface area (Å²) < 4.78 is 22.5. The Balaban J connectivity index is 2.98. The lowest BCUT2D eigenvalue weighted by Gasteiger charge is -2.06. The highest BCUT2D eigenvalue weighted by atomic mass is 35.5. The Kier molecular flexibility index (Phi) is 5.11. The van der Waals surface area contributed by atoms with Crippen molar-refractivity contribution < 1.29 is 13.2 Å². The minimum absolute atomic E-state index is 0.138.